The van der Waals surface area contributed by atoms with Gasteiger partial charge in [0.2, 0.25) is 5.95 Å². The van der Waals surface area contributed by atoms with Crippen molar-refractivity contribution >= 4 is 11.8 Å². The average Bonchev–Trinajstić information content (AvgIpc) is 2.36. The number of aromatic nitrogens is 2. The summed E-state index contributed by atoms with van der Waals surface area (Å²) in [6.45, 7) is 0.880. The van der Waals surface area contributed by atoms with Crippen molar-refractivity contribution in [3.05, 3.63) is 48.2 Å². The van der Waals surface area contributed by atoms with Crippen LogP contribution in [0.1, 0.15) is 12.0 Å². The normalized spacial score (nSPS) is 10.1. The fourth-order valence-electron chi connectivity index (χ4n) is 1.63. The second-order valence-electron chi connectivity index (χ2n) is 3.82. The number of rotatable bonds is 5. The lowest BCUT2D eigenvalue weighted by Crippen LogP contribution is -2.06. The molecule has 0 saturated heterocycles. The minimum atomic E-state index is 0.304. The van der Waals surface area contributed by atoms with E-state index in [0.29, 0.717) is 5.95 Å². The lowest BCUT2D eigenvalue weighted by Gasteiger charge is -2.05. The van der Waals surface area contributed by atoms with Crippen LogP contribution in [0.25, 0.3) is 0 Å². The third kappa shape index (κ3) is 3.75. The Balaban J connectivity index is 1.73. The Labute approximate surface area is 101 Å². The van der Waals surface area contributed by atoms with Crippen molar-refractivity contribution in [3.63, 3.8) is 0 Å². The molecule has 0 bridgehead atoms. The molecule has 17 heavy (non-hydrogen) atoms. The van der Waals surface area contributed by atoms with E-state index in [1.807, 2.05) is 12.1 Å². The number of hydrogen-bond donors (Lipinski definition) is 2. The summed E-state index contributed by atoms with van der Waals surface area (Å²) in [4.78, 5) is 7.92. The Bertz CT molecular complexity index is 456. The lowest BCUT2D eigenvalue weighted by molar-refractivity contribution is 0.858. The summed E-state index contributed by atoms with van der Waals surface area (Å²) < 4.78 is 0. The Morgan fingerprint density at radius 3 is 2.71 bits per heavy atom. The number of anilines is 2. The van der Waals surface area contributed by atoms with Gasteiger partial charge < -0.3 is 11.1 Å². The van der Waals surface area contributed by atoms with Gasteiger partial charge in [0, 0.05) is 12.7 Å². The standard InChI is InChI=1S/C13H16N4/c14-13-16-10-8-12(17-13)15-9-4-7-11-5-2-1-3-6-11/h1-3,5-6,8,10H,4,7,9H2,(H3,14,15,16,17). The van der Waals surface area contributed by atoms with Crippen LogP contribution in [-0.2, 0) is 6.42 Å². The second kappa shape index (κ2) is 5.84. The van der Waals surface area contributed by atoms with Crippen LogP contribution in [0.3, 0.4) is 0 Å². The van der Waals surface area contributed by atoms with Crippen LogP contribution in [0.4, 0.5) is 11.8 Å². The number of hydrogen-bond acceptors (Lipinski definition) is 4. The largest absolute Gasteiger partial charge is 0.370 e. The quantitative estimate of drug-likeness (QED) is 0.769. The highest BCUT2D eigenvalue weighted by atomic mass is 15.1. The van der Waals surface area contributed by atoms with E-state index >= 15 is 0 Å². The highest BCUT2D eigenvalue weighted by molar-refractivity contribution is 5.37. The van der Waals surface area contributed by atoms with Gasteiger partial charge in [0.05, 0.1) is 0 Å². The number of benzene rings is 1. The minimum absolute atomic E-state index is 0.304. The van der Waals surface area contributed by atoms with Crippen LogP contribution in [0, 0.1) is 0 Å². The molecule has 2 aromatic rings. The number of nitrogens with one attached hydrogen (secondary N) is 1. The first-order valence-electron chi connectivity index (χ1n) is 5.71. The number of nitrogens with zero attached hydrogens (tertiary/aromatic N) is 2. The molecule has 0 amide bonds. The van der Waals surface area contributed by atoms with E-state index in [0.717, 1.165) is 25.2 Å². The number of nitrogen functional groups attached to an aromatic ring is 1. The van der Waals surface area contributed by atoms with Crippen molar-refractivity contribution < 1.29 is 0 Å². The topological polar surface area (TPSA) is 63.8 Å². The fraction of sp³-hybridized carbons (Fsp3) is 0.231. The van der Waals surface area contributed by atoms with Crippen molar-refractivity contribution in [1.82, 2.24) is 9.97 Å². The zero-order valence-corrected chi connectivity index (χ0v) is 9.63. The second-order valence-corrected chi connectivity index (χ2v) is 3.82. The highest BCUT2D eigenvalue weighted by Crippen LogP contribution is 2.05. The Hall–Kier alpha value is -2.10. The molecule has 0 atom stereocenters. The highest BCUT2D eigenvalue weighted by Gasteiger charge is 1.95. The monoisotopic (exact) mass is 228 g/mol. The van der Waals surface area contributed by atoms with Gasteiger partial charge in [0.25, 0.3) is 0 Å². The summed E-state index contributed by atoms with van der Waals surface area (Å²) in [5, 5.41) is 3.22. The summed E-state index contributed by atoms with van der Waals surface area (Å²) >= 11 is 0. The minimum Gasteiger partial charge on any atom is -0.370 e. The SMILES string of the molecule is Nc1nccc(NCCCc2ccccc2)n1. The smallest absolute Gasteiger partial charge is 0.221 e. The van der Waals surface area contributed by atoms with Gasteiger partial charge in [0.15, 0.2) is 0 Å². The maximum Gasteiger partial charge on any atom is 0.221 e. The third-order valence-corrected chi connectivity index (χ3v) is 2.47. The molecule has 0 aliphatic rings. The molecule has 0 saturated carbocycles. The molecule has 0 radical (unpaired) electrons. The van der Waals surface area contributed by atoms with Crippen LogP contribution < -0.4 is 11.1 Å². The fourth-order valence-corrected chi connectivity index (χ4v) is 1.63. The van der Waals surface area contributed by atoms with Gasteiger partial charge >= 0.3 is 0 Å². The van der Waals surface area contributed by atoms with Crippen molar-refractivity contribution in [2.45, 2.75) is 12.8 Å². The van der Waals surface area contributed by atoms with E-state index in [-0.39, 0.29) is 0 Å². The summed E-state index contributed by atoms with van der Waals surface area (Å²) in [6, 6.07) is 12.3. The summed E-state index contributed by atoms with van der Waals surface area (Å²) in [5.74, 6) is 1.09. The maximum absolute atomic E-state index is 5.49. The Kier molecular flexibility index (Phi) is 3.91. The van der Waals surface area contributed by atoms with E-state index in [1.165, 1.54) is 5.56 Å². The Morgan fingerprint density at radius 1 is 1.12 bits per heavy atom. The molecule has 1 heterocycles. The van der Waals surface area contributed by atoms with Crippen LogP contribution >= 0.6 is 0 Å². The van der Waals surface area contributed by atoms with E-state index in [1.54, 1.807) is 6.20 Å². The molecule has 0 fully saturated rings. The van der Waals surface area contributed by atoms with Crippen molar-refractivity contribution in [2.24, 2.45) is 0 Å². The average molecular weight is 228 g/mol. The van der Waals surface area contributed by atoms with E-state index in [2.05, 4.69) is 39.6 Å². The first-order chi connectivity index (χ1) is 8.34. The molecule has 1 aromatic carbocycles. The molecule has 2 rings (SSSR count). The van der Waals surface area contributed by atoms with Gasteiger partial charge in [-0.05, 0) is 24.5 Å². The van der Waals surface area contributed by atoms with Gasteiger partial charge in [-0.2, -0.15) is 4.98 Å². The molecule has 88 valence electrons. The summed E-state index contributed by atoms with van der Waals surface area (Å²) in [5.41, 5.74) is 6.85. The predicted octanol–water partition coefficient (Wildman–Crippen LogP) is 2.10. The van der Waals surface area contributed by atoms with Crippen LogP contribution in [0.2, 0.25) is 0 Å². The molecule has 0 unspecified atom stereocenters. The summed E-state index contributed by atoms with van der Waals surface area (Å²) in [7, 11) is 0. The molecular formula is C13H16N4. The zero-order valence-electron chi connectivity index (χ0n) is 9.63. The van der Waals surface area contributed by atoms with Crippen LogP contribution in [0.5, 0.6) is 0 Å². The van der Waals surface area contributed by atoms with Crippen molar-refractivity contribution in [3.8, 4) is 0 Å². The van der Waals surface area contributed by atoms with Crippen LogP contribution in [0.15, 0.2) is 42.6 Å². The summed E-state index contributed by atoms with van der Waals surface area (Å²) in [6.07, 6.45) is 3.78. The molecule has 4 heteroatoms. The first-order valence-corrected chi connectivity index (χ1v) is 5.71. The number of nitrogens with two attached hydrogens (primary N) is 1. The van der Waals surface area contributed by atoms with Crippen molar-refractivity contribution in [1.29, 1.82) is 0 Å². The molecular weight excluding hydrogens is 212 g/mol. The number of aryl methyl sites for hydroxylation is 1. The van der Waals surface area contributed by atoms with E-state index in [9.17, 15) is 0 Å². The van der Waals surface area contributed by atoms with Crippen molar-refractivity contribution in [2.75, 3.05) is 17.6 Å². The first kappa shape index (κ1) is 11.4. The molecule has 3 N–H and O–H groups in total. The van der Waals surface area contributed by atoms with Crippen LogP contribution in [-0.4, -0.2) is 16.5 Å². The molecule has 0 aliphatic carbocycles. The predicted molar refractivity (Wildman–Crippen MR) is 69.7 cm³/mol. The van der Waals surface area contributed by atoms with E-state index in [4.69, 9.17) is 5.73 Å². The van der Waals surface area contributed by atoms with Gasteiger partial charge in [-0.15, -0.1) is 0 Å². The van der Waals surface area contributed by atoms with Gasteiger partial charge in [0.1, 0.15) is 5.82 Å². The Morgan fingerprint density at radius 2 is 1.94 bits per heavy atom. The molecule has 1 aromatic heterocycles. The molecule has 4 nitrogen and oxygen atoms in total. The van der Waals surface area contributed by atoms with E-state index < -0.39 is 0 Å². The molecule has 0 spiro atoms. The maximum atomic E-state index is 5.49. The van der Waals surface area contributed by atoms with Gasteiger partial charge in [-0.25, -0.2) is 4.98 Å². The van der Waals surface area contributed by atoms with Gasteiger partial charge in [-0.3, -0.25) is 0 Å². The molecule has 0 aliphatic heterocycles. The zero-order chi connectivity index (χ0) is 11.9. The lowest BCUT2D eigenvalue weighted by atomic mass is 10.1. The third-order valence-electron chi connectivity index (χ3n) is 2.47. The van der Waals surface area contributed by atoms with Gasteiger partial charge in [-0.1, -0.05) is 30.3 Å².